The van der Waals surface area contributed by atoms with Crippen molar-refractivity contribution in [3.8, 4) is 0 Å². The Kier molecular flexibility index (Phi) is 2.90. The van der Waals surface area contributed by atoms with Crippen molar-refractivity contribution in [2.45, 2.75) is 52.4 Å². The first-order chi connectivity index (χ1) is 7.14. The van der Waals surface area contributed by atoms with Crippen LogP contribution in [0.1, 0.15) is 52.4 Å². The van der Waals surface area contributed by atoms with Gasteiger partial charge in [0.1, 0.15) is 0 Å². The van der Waals surface area contributed by atoms with Crippen molar-refractivity contribution in [2.24, 2.45) is 17.1 Å². The minimum atomic E-state index is 0.346. The van der Waals surface area contributed by atoms with Crippen molar-refractivity contribution < 1.29 is 0 Å². The monoisotopic (exact) mass is 205 g/mol. The van der Waals surface area contributed by atoms with Gasteiger partial charge in [-0.3, -0.25) is 0 Å². The van der Waals surface area contributed by atoms with Crippen molar-refractivity contribution in [3.05, 3.63) is 23.4 Å². The van der Waals surface area contributed by atoms with E-state index < -0.39 is 0 Å². The third kappa shape index (κ3) is 1.84. The van der Waals surface area contributed by atoms with Crippen LogP contribution in [0.25, 0.3) is 0 Å². The maximum absolute atomic E-state index is 6.19. The molecule has 2 aliphatic carbocycles. The van der Waals surface area contributed by atoms with E-state index in [0.29, 0.717) is 5.41 Å². The molecule has 2 rings (SSSR count). The van der Waals surface area contributed by atoms with E-state index in [1.165, 1.54) is 31.3 Å². The fourth-order valence-electron chi connectivity index (χ4n) is 3.15. The van der Waals surface area contributed by atoms with E-state index in [1.54, 1.807) is 0 Å². The number of hydrogen-bond donors (Lipinski definition) is 1. The first-order valence-corrected chi connectivity index (χ1v) is 6.30. The largest absolute Gasteiger partial charge is 0.402 e. The topological polar surface area (TPSA) is 26.0 Å². The average molecular weight is 205 g/mol. The van der Waals surface area contributed by atoms with Crippen molar-refractivity contribution in [3.63, 3.8) is 0 Å². The fraction of sp³-hybridized carbons (Fsp3) is 0.714. The molecule has 0 aromatic carbocycles. The summed E-state index contributed by atoms with van der Waals surface area (Å²) in [5.74, 6) is 0.780. The van der Waals surface area contributed by atoms with Gasteiger partial charge < -0.3 is 5.73 Å². The quantitative estimate of drug-likeness (QED) is 0.693. The zero-order valence-corrected chi connectivity index (χ0v) is 10.1. The van der Waals surface area contributed by atoms with Crippen LogP contribution in [-0.2, 0) is 0 Å². The summed E-state index contributed by atoms with van der Waals surface area (Å²) in [5, 5.41) is 0. The predicted molar refractivity (Wildman–Crippen MR) is 65.3 cm³/mol. The first-order valence-electron chi connectivity index (χ1n) is 6.30. The molecule has 1 saturated carbocycles. The van der Waals surface area contributed by atoms with Crippen molar-refractivity contribution >= 4 is 0 Å². The fourth-order valence-corrected chi connectivity index (χ4v) is 3.15. The van der Waals surface area contributed by atoms with E-state index in [1.807, 2.05) is 0 Å². The molecule has 0 heterocycles. The normalized spacial score (nSPS) is 37.1. The Morgan fingerprint density at radius 1 is 1.40 bits per heavy atom. The Balaban J connectivity index is 2.30. The third-order valence-corrected chi connectivity index (χ3v) is 4.50. The van der Waals surface area contributed by atoms with E-state index in [4.69, 9.17) is 5.73 Å². The van der Waals surface area contributed by atoms with E-state index in [0.717, 1.165) is 24.5 Å². The maximum atomic E-state index is 6.19. The number of hydrogen-bond acceptors (Lipinski definition) is 1. The molecule has 1 heteroatoms. The standard InChI is InChI=1S/C14H23N/c1-11-7-5-6-10-14(11,2)12-8-3-4-9-13(12)15/h3,8,11H,4-7,9-10,15H2,1-2H3. The molecule has 0 aliphatic heterocycles. The third-order valence-electron chi connectivity index (χ3n) is 4.50. The lowest BCUT2D eigenvalue weighted by Crippen LogP contribution is -2.32. The second kappa shape index (κ2) is 4.03. The van der Waals surface area contributed by atoms with E-state index in [-0.39, 0.29) is 0 Å². The molecule has 0 spiro atoms. The van der Waals surface area contributed by atoms with Crippen molar-refractivity contribution in [1.29, 1.82) is 0 Å². The summed E-state index contributed by atoms with van der Waals surface area (Å²) in [5.41, 5.74) is 9.12. The minimum absolute atomic E-state index is 0.346. The molecule has 0 bridgehead atoms. The average Bonchev–Trinajstić information content (AvgIpc) is 2.23. The van der Waals surface area contributed by atoms with Gasteiger partial charge in [0.05, 0.1) is 0 Å². The van der Waals surface area contributed by atoms with Crippen LogP contribution in [0.3, 0.4) is 0 Å². The van der Waals surface area contributed by atoms with E-state index in [2.05, 4.69) is 26.0 Å². The summed E-state index contributed by atoms with van der Waals surface area (Å²) < 4.78 is 0. The molecule has 2 N–H and O–H groups in total. The smallest absolute Gasteiger partial charge is 0.0122 e. The molecular weight excluding hydrogens is 182 g/mol. The van der Waals surface area contributed by atoms with Gasteiger partial charge in [-0.2, -0.15) is 0 Å². The van der Waals surface area contributed by atoms with Crippen LogP contribution in [0.4, 0.5) is 0 Å². The Hall–Kier alpha value is -0.720. The van der Waals surface area contributed by atoms with Crippen molar-refractivity contribution in [1.82, 2.24) is 0 Å². The van der Waals surface area contributed by atoms with Gasteiger partial charge in [0.2, 0.25) is 0 Å². The van der Waals surface area contributed by atoms with Gasteiger partial charge in [-0.25, -0.2) is 0 Å². The molecule has 2 unspecified atom stereocenters. The summed E-state index contributed by atoms with van der Waals surface area (Å²) in [6, 6.07) is 0. The van der Waals surface area contributed by atoms with Gasteiger partial charge in [0.25, 0.3) is 0 Å². The summed E-state index contributed by atoms with van der Waals surface area (Å²) >= 11 is 0. The first kappa shape index (κ1) is 10.8. The SMILES string of the molecule is CC1CCCCC1(C)C1=C(N)CCC=C1. The molecule has 0 aromatic rings. The molecule has 0 radical (unpaired) electrons. The zero-order chi connectivity index (χ0) is 10.9. The molecule has 84 valence electrons. The van der Waals surface area contributed by atoms with Crippen LogP contribution >= 0.6 is 0 Å². The highest BCUT2D eigenvalue weighted by Crippen LogP contribution is 2.48. The molecule has 1 fully saturated rings. The molecule has 0 amide bonds. The van der Waals surface area contributed by atoms with Gasteiger partial charge in [0.15, 0.2) is 0 Å². The van der Waals surface area contributed by atoms with Gasteiger partial charge >= 0.3 is 0 Å². The van der Waals surface area contributed by atoms with Crippen LogP contribution < -0.4 is 5.73 Å². The predicted octanol–water partition coefficient (Wildman–Crippen LogP) is 3.77. The highest BCUT2D eigenvalue weighted by Gasteiger charge is 2.37. The van der Waals surface area contributed by atoms with Crippen LogP contribution in [0.2, 0.25) is 0 Å². The Bertz CT molecular complexity index is 300. The summed E-state index contributed by atoms with van der Waals surface area (Å²) in [4.78, 5) is 0. The lowest BCUT2D eigenvalue weighted by Gasteiger charge is -2.42. The second-order valence-corrected chi connectivity index (χ2v) is 5.44. The van der Waals surface area contributed by atoms with Crippen molar-refractivity contribution in [2.75, 3.05) is 0 Å². The minimum Gasteiger partial charge on any atom is -0.402 e. The molecule has 2 aliphatic rings. The van der Waals surface area contributed by atoms with Gasteiger partial charge in [-0.1, -0.05) is 38.8 Å². The van der Waals surface area contributed by atoms with Crippen LogP contribution in [-0.4, -0.2) is 0 Å². The van der Waals surface area contributed by atoms with E-state index >= 15 is 0 Å². The zero-order valence-electron chi connectivity index (χ0n) is 10.1. The maximum Gasteiger partial charge on any atom is 0.0122 e. The Morgan fingerprint density at radius 3 is 2.87 bits per heavy atom. The molecular formula is C14H23N. The number of nitrogens with two attached hydrogens (primary N) is 1. The second-order valence-electron chi connectivity index (χ2n) is 5.44. The van der Waals surface area contributed by atoms with Crippen LogP contribution in [0, 0.1) is 11.3 Å². The lowest BCUT2D eigenvalue weighted by atomic mass is 9.63. The van der Waals surface area contributed by atoms with Crippen LogP contribution in [0.15, 0.2) is 23.4 Å². The molecule has 1 nitrogen and oxygen atoms in total. The highest BCUT2D eigenvalue weighted by atomic mass is 14.6. The number of allylic oxidation sites excluding steroid dienone is 4. The van der Waals surface area contributed by atoms with Crippen LogP contribution in [0.5, 0.6) is 0 Å². The summed E-state index contributed by atoms with van der Waals surface area (Å²) in [7, 11) is 0. The van der Waals surface area contributed by atoms with E-state index in [9.17, 15) is 0 Å². The number of rotatable bonds is 1. The molecule has 0 aromatic heterocycles. The summed E-state index contributed by atoms with van der Waals surface area (Å²) in [6.07, 6.45) is 12.2. The molecule has 15 heavy (non-hydrogen) atoms. The molecule has 2 atom stereocenters. The summed E-state index contributed by atoms with van der Waals surface area (Å²) in [6.45, 7) is 4.80. The molecule has 0 saturated heterocycles. The van der Waals surface area contributed by atoms with Gasteiger partial charge in [0, 0.05) is 5.70 Å². The van der Waals surface area contributed by atoms with Gasteiger partial charge in [-0.05, 0) is 42.6 Å². The highest BCUT2D eigenvalue weighted by molar-refractivity contribution is 5.34. The Labute approximate surface area is 93.4 Å². The van der Waals surface area contributed by atoms with Gasteiger partial charge in [-0.15, -0.1) is 0 Å². The lowest BCUT2D eigenvalue weighted by molar-refractivity contribution is 0.176. The Morgan fingerprint density at radius 2 is 2.20 bits per heavy atom.